The molecule has 8 heteroatoms. The van der Waals surface area contributed by atoms with Crippen molar-refractivity contribution >= 4 is 11.8 Å². The lowest BCUT2D eigenvalue weighted by molar-refractivity contribution is -0.121. The lowest BCUT2D eigenvalue weighted by Crippen LogP contribution is -2.42. The summed E-state index contributed by atoms with van der Waals surface area (Å²) in [7, 11) is 0. The maximum Gasteiger partial charge on any atom is 0.274 e. The van der Waals surface area contributed by atoms with E-state index in [2.05, 4.69) is 20.2 Å². The molecule has 0 radical (unpaired) electrons. The topological polar surface area (TPSA) is 87.7 Å². The van der Waals surface area contributed by atoms with Gasteiger partial charge in [-0.15, -0.1) is 0 Å². The molecule has 0 spiro atoms. The van der Waals surface area contributed by atoms with Crippen molar-refractivity contribution in [3.8, 4) is 0 Å². The van der Waals surface area contributed by atoms with E-state index in [1.165, 1.54) is 18.6 Å². The summed E-state index contributed by atoms with van der Waals surface area (Å²) >= 11 is 0. The van der Waals surface area contributed by atoms with Crippen LogP contribution >= 0.6 is 0 Å². The van der Waals surface area contributed by atoms with Crippen molar-refractivity contribution in [2.24, 2.45) is 0 Å². The monoisotopic (exact) mass is 397 g/mol. The highest BCUT2D eigenvalue weighted by atomic mass is 16.5. The predicted octanol–water partition coefficient (Wildman–Crippen LogP) is 0.958. The first kappa shape index (κ1) is 20.9. The Morgan fingerprint density at radius 3 is 2.66 bits per heavy atom. The van der Waals surface area contributed by atoms with Crippen molar-refractivity contribution < 1.29 is 14.3 Å². The number of amides is 2. The first-order chi connectivity index (χ1) is 14.2. The van der Waals surface area contributed by atoms with E-state index >= 15 is 0 Å². The molecule has 1 aliphatic rings. The van der Waals surface area contributed by atoms with Gasteiger partial charge in [-0.25, -0.2) is 4.98 Å². The van der Waals surface area contributed by atoms with Crippen LogP contribution in [0.4, 0.5) is 0 Å². The number of benzene rings is 1. The van der Waals surface area contributed by atoms with E-state index in [1.54, 1.807) is 4.90 Å². The second kappa shape index (κ2) is 11.2. The smallest absolute Gasteiger partial charge is 0.274 e. The van der Waals surface area contributed by atoms with E-state index < -0.39 is 0 Å². The van der Waals surface area contributed by atoms with Crippen molar-refractivity contribution in [3.63, 3.8) is 0 Å². The van der Waals surface area contributed by atoms with Gasteiger partial charge in [0.1, 0.15) is 5.69 Å². The fourth-order valence-electron chi connectivity index (χ4n) is 3.13. The highest BCUT2D eigenvalue weighted by Crippen LogP contribution is 2.09. The molecule has 0 aliphatic carbocycles. The molecular weight excluding hydrogens is 370 g/mol. The molecule has 1 N–H and O–H groups in total. The first-order valence-electron chi connectivity index (χ1n) is 9.88. The molecule has 1 aliphatic heterocycles. The van der Waals surface area contributed by atoms with Crippen molar-refractivity contribution in [1.29, 1.82) is 0 Å². The van der Waals surface area contributed by atoms with Gasteiger partial charge >= 0.3 is 0 Å². The molecular formula is C21H27N5O3. The van der Waals surface area contributed by atoms with Gasteiger partial charge in [0, 0.05) is 58.1 Å². The highest BCUT2D eigenvalue weighted by molar-refractivity contribution is 5.92. The fourth-order valence-corrected chi connectivity index (χ4v) is 3.13. The Bertz CT molecular complexity index is 766. The molecule has 1 saturated heterocycles. The Hall–Kier alpha value is -2.84. The summed E-state index contributed by atoms with van der Waals surface area (Å²) in [4.78, 5) is 37.1. The minimum Gasteiger partial charge on any atom is -0.379 e. The molecule has 1 fully saturated rings. The average molecular weight is 397 g/mol. The van der Waals surface area contributed by atoms with E-state index in [-0.39, 0.29) is 23.9 Å². The van der Waals surface area contributed by atoms with Crippen molar-refractivity contribution in [1.82, 2.24) is 25.1 Å². The van der Waals surface area contributed by atoms with Crippen LogP contribution in [0.1, 0.15) is 22.5 Å². The SMILES string of the molecule is O=C(CCN(Cc1ccccc1)C(=O)c1cnccn1)NCCN1CCOCC1. The zero-order chi connectivity index (χ0) is 20.3. The summed E-state index contributed by atoms with van der Waals surface area (Å²) in [5.41, 5.74) is 1.27. The third-order valence-electron chi connectivity index (χ3n) is 4.75. The average Bonchev–Trinajstić information content (AvgIpc) is 2.78. The molecule has 2 aromatic rings. The molecule has 0 atom stereocenters. The van der Waals surface area contributed by atoms with Crippen molar-refractivity contribution in [3.05, 3.63) is 60.2 Å². The van der Waals surface area contributed by atoms with Crippen LogP contribution in [0, 0.1) is 0 Å². The number of nitrogens with one attached hydrogen (secondary N) is 1. The second-order valence-corrected chi connectivity index (χ2v) is 6.86. The van der Waals surface area contributed by atoms with Crippen LogP contribution in [-0.2, 0) is 16.1 Å². The Balaban J connectivity index is 1.51. The number of rotatable bonds is 9. The summed E-state index contributed by atoms with van der Waals surface area (Å²) in [6, 6.07) is 9.70. The summed E-state index contributed by atoms with van der Waals surface area (Å²) in [6.45, 7) is 5.41. The Labute approximate surface area is 170 Å². The van der Waals surface area contributed by atoms with Crippen LogP contribution < -0.4 is 5.32 Å². The molecule has 0 unspecified atom stereocenters. The second-order valence-electron chi connectivity index (χ2n) is 6.86. The summed E-state index contributed by atoms with van der Waals surface area (Å²) in [5, 5.41) is 2.94. The zero-order valence-electron chi connectivity index (χ0n) is 16.5. The van der Waals surface area contributed by atoms with Gasteiger partial charge in [0.05, 0.1) is 19.4 Å². The van der Waals surface area contributed by atoms with Gasteiger partial charge < -0.3 is 15.0 Å². The molecule has 2 heterocycles. The lowest BCUT2D eigenvalue weighted by Gasteiger charge is -2.26. The number of morpholine rings is 1. The normalized spacial score (nSPS) is 14.3. The van der Waals surface area contributed by atoms with E-state index in [9.17, 15) is 9.59 Å². The third-order valence-corrected chi connectivity index (χ3v) is 4.75. The first-order valence-corrected chi connectivity index (χ1v) is 9.88. The largest absolute Gasteiger partial charge is 0.379 e. The van der Waals surface area contributed by atoms with Crippen LogP contribution in [0.3, 0.4) is 0 Å². The Morgan fingerprint density at radius 1 is 1.14 bits per heavy atom. The summed E-state index contributed by atoms with van der Waals surface area (Å²) < 4.78 is 5.32. The molecule has 3 rings (SSSR count). The van der Waals surface area contributed by atoms with Gasteiger partial charge in [0.15, 0.2) is 0 Å². The molecule has 8 nitrogen and oxygen atoms in total. The van der Waals surface area contributed by atoms with Gasteiger partial charge in [-0.3, -0.25) is 19.5 Å². The maximum atomic E-state index is 12.9. The molecule has 154 valence electrons. The molecule has 29 heavy (non-hydrogen) atoms. The number of nitrogens with zero attached hydrogens (tertiary/aromatic N) is 4. The van der Waals surface area contributed by atoms with Crippen LogP contribution in [0.2, 0.25) is 0 Å². The van der Waals surface area contributed by atoms with E-state index in [1.807, 2.05) is 30.3 Å². The van der Waals surface area contributed by atoms with E-state index in [0.29, 0.717) is 19.6 Å². The number of hydrogen-bond donors (Lipinski definition) is 1. The molecule has 0 saturated carbocycles. The third kappa shape index (κ3) is 6.92. The standard InChI is InChI=1S/C21H27N5O3/c27-20(24-9-11-25-12-14-29-15-13-25)6-10-26(17-18-4-2-1-3-5-18)21(28)19-16-22-7-8-23-19/h1-5,7-8,16H,6,9-15,17H2,(H,24,27). The van der Waals surface area contributed by atoms with Gasteiger partial charge in [0.25, 0.3) is 5.91 Å². The Morgan fingerprint density at radius 2 is 1.93 bits per heavy atom. The number of carbonyl (C=O) groups is 2. The number of ether oxygens (including phenoxy) is 1. The molecule has 1 aromatic carbocycles. The fraction of sp³-hybridized carbons (Fsp3) is 0.429. The van der Waals surface area contributed by atoms with Crippen LogP contribution in [0.5, 0.6) is 0 Å². The number of carbonyl (C=O) groups excluding carboxylic acids is 2. The molecule has 1 aromatic heterocycles. The number of hydrogen-bond acceptors (Lipinski definition) is 6. The minimum atomic E-state index is -0.233. The summed E-state index contributed by atoms with van der Waals surface area (Å²) in [6.07, 6.45) is 4.71. The van der Waals surface area contributed by atoms with E-state index in [4.69, 9.17) is 4.74 Å². The molecule has 2 amide bonds. The van der Waals surface area contributed by atoms with Gasteiger partial charge in [-0.1, -0.05) is 30.3 Å². The number of aromatic nitrogens is 2. The van der Waals surface area contributed by atoms with Crippen LogP contribution in [0.25, 0.3) is 0 Å². The van der Waals surface area contributed by atoms with Gasteiger partial charge in [-0.2, -0.15) is 0 Å². The van der Waals surface area contributed by atoms with Crippen LogP contribution in [0.15, 0.2) is 48.9 Å². The summed E-state index contributed by atoms with van der Waals surface area (Å²) in [5.74, 6) is -0.300. The van der Waals surface area contributed by atoms with Crippen molar-refractivity contribution in [2.45, 2.75) is 13.0 Å². The van der Waals surface area contributed by atoms with Gasteiger partial charge in [-0.05, 0) is 5.56 Å². The van der Waals surface area contributed by atoms with Crippen molar-refractivity contribution in [2.75, 3.05) is 45.9 Å². The predicted molar refractivity (Wildman–Crippen MR) is 108 cm³/mol. The zero-order valence-corrected chi connectivity index (χ0v) is 16.5. The highest BCUT2D eigenvalue weighted by Gasteiger charge is 2.19. The minimum absolute atomic E-state index is 0.0664. The quantitative estimate of drug-likeness (QED) is 0.678. The maximum absolute atomic E-state index is 12.9. The van der Waals surface area contributed by atoms with E-state index in [0.717, 1.165) is 38.4 Å². The molecule has 0 bridgehead atoms. The van der Waals surface area contributed by atoms with Gasteiger partial charge in [0.2, 0.25) is 5.91 Å². The van der Waals surface area contributed by atoms with Crippen LogP contribution in [-0.4, -0.2) is 77.5 Å². The lowest BCUT2D eigenvalue weighted by atomic mass is 10.2. The Kier molecular flexibility index (Phi) is 8.09.